The van der Waals surface area contributed by atoms with Crippen LogP contribution in [0.3, 0.4) is 0 Å². The van der Waals surface area contributed by atoms with E-state index in [1.807, 2.05) is 55.4 Å². The number of benzene rings is 1. The highest BCUT2D eigenvalue weighted by molar-refractivity contribution is 7.22. The molecule has 34 heavy (non-hydrogen) atoms. The Hall–Kier alpha value is -3.72. The van der Waals surface area contributed by atoms with E-state index in [0.717, 1.165) is 24.9 Å². The Kier molecular flexibility index (Phi) is 5.79. The van der Waals surface area contributed by atoms with E-state index in [0.29, 0.717) is 39.0 Å². The molecule has 3 aromatic heterocycles. The third kappa shape index (κ3) is 4.14. The summed E-state index contributed by atoms with van der Waals surface area (Å²) in [5.41, 5.74) is 3.16. The van der Waals surface area contributed by atoms with Gasteiger partial charge in [-0.05, 0) is 51.0 Å². The van der Waals surface area contributed by atoms with Crippen molar-refractivity contribution in [2.45, 2.75) is 39.3 Å². The van der Waals surface area contributed by atoms with Crippen LogP contribution in [0.15, 0.2) is 55.4 Å². The summed E-state index contributed by atoms with van der Waals surface area (Å²) in [6.07, 6.45) is 5.94. The van der Waals surface area contributed by atoms with Gasteiger partial charge >= 0.3 is 0 Å². The van der Waals surface area contributed by atoms with E-state index in [2.05, 4.69) is 26.5 Å². The highest BCUT2D eigenvalue weighted by Crippen LogP contribution is 2.33. The van der Waals surface area contributed by atoms with Gasteiger partial charge in [0.05, 0.1) is 6.04 Å². The first kappa shape index (κ1) is 22.1. The molecule has 0 unspecified atom stereocenters. The molecule has 1 fully saturated rings. The van der Waals surface area contributed by atoms with Gasteiger partial charge in [0.2, 0.25) is 0 Å². The second-order valence-corrected chi connectivity index (χ2v) is 9.66. The van der Waals surface area contributed by atoms with Crippen LogP contribution in [0.1, 0.15) is 46.2 Å². The van der Waals surface area contributed by atoms with Crippen molar-refractivity contribution < 1.29 is 9.59 Å². The average Bonchev–Trinajstić information content (AvgIpc) is 3.59. The molecule has 8 nitrogen and oxygen atoms in total. The molecule has 0 radical (unpaired) electrons. The Morgan fingerprint density at radius 2 is 1.94 bits per heavy atom. The highest BCUT2D eigenvalue weighted by Gasteiger charge is 2.33. The molecule has 1 aliphatic heterocycles. The summed E-state index contributed by atoms with van der Waals surface area (Å²) in [7, 11) is 0. The SMILES string of the molecule is C=C(C)n1nc(C(=O)N2CCC[C@H]2Cn2cccc2)c2sc(NC(=O)c3ccc(C)cc3)nc21. The third-order valence-electron chi connectivity index (χ3n) is 6.05. The number of allylic oxidation sites excluding steroid dienone is 1. The van der Waals surface area contributed by atoms with Gasteiger partial charge in [-0.2, -0.15) is 10.1 Å². The molecular formula is C25H26N6O2S. The lowest BCUT2D eigenvalue weighted by molar-refractivity contribution is 0.0720. The van der Waals surface area contributed by atoms with E-state index in [4.69, 9.17) is 0 Å². The number of hydrogen-bond acceptors (Lipinski definition) is 5. The van der Waals surface area contributed by atoms with Crippen LogP contribution in [0.25, 0.3) is 16.0 Å². The van der Waals surface area contributed by atoms with Crippen molar-refractivity contribution in [3.8, 4) is 0 Å². The zero-order chi connectivity index (χ0) is 23.8. The van der Waals surface area contributed by atoms with E-state index in [1.54, 1.807) is 16.8 Å². The van der Waals surface area contributed by atoms with Gasteiger partial charge in [0.15, 0.2) is 16.5 Å². The van der Waals surface area contributed by atoms with Gasteiger partial charge in [-0.15, -0.1) is 0 Å². The molecule has 4 heterocycles. The zero-order valence-electron chi connectivity index (χ0n) is 19.2. The molecule has 0 aliphatic carbocycles. The second-order valence-electron chi connectivity index (χ2n) is 8.66. The summed E-state index contributed by atoms with van der Waals surface area (Å²) in [5.74, 6) is -0.356. The van der Waals surface area contributed by atoms with Crippen molar-refractivity contribution in [3.05, 3.63) is 72.2 Å². The number of likely N-dealkylation sites (tertiary alicyclic amines) is 1. The average molecular weight is 475 g/mol. The highest BCUT2D eigenvalue weighted by atomic mass is 32.1. The summed E-state index contributed by atoms with van der Waals surface area (Å²) in [4.78, 5) is 32.8. The maximum atomic E-state index is 13.6. The smallest absolute Gasteiger partial charge is 0.276 e. The fraction of sp³-hybridized carbons (Fsp3) is 0.280. The number of aromatic nitrogens is 4. The maximum absolute atomic E-state index is 13.6. The van der Waals surface area contributed by atoms with Crippen molar-refractivity contribution in [2.75, 3.05) is 11.9 Å². The van der Waals surface area contributed by atoms with Crippen LogP contribution in [0.2, 0.25) is 0 Å². The number of nitrogens with one attached hydrogen (secondary N) is 1. The number of carbonyl (C=O) groups excluding carboxylic acids is 2. The van der Waals surface area contributed by atoms with Gasteiger partial charge in [-0.1, -0.05) is 35.6 Å². The van der Waals surface area contributed by atoms with E-state index in [1.165, 1.54) is 11.3 Å². The van der Waals surface area contributed by atoms with E-state index in [-0.39, 0.29) is 17.9 Å². The van der Waals surface area contributed by atoms with Crippen molar-refractivity contribution in [2.24, 2.45) is 0 Å². The summed E-state index contributed by atoms with van der Waals surface area (Å²) in [6.45, 7) is 9.22. The number of rotatable bonds is 6. The summed E-state index contributed by atoms with van der Waals surface area (Å²) >= 11 is 1.26. The Bertz CT molecular complexity index is 1370. The molecular weight excluding hydrogens is 448 g/mol. The largest absolute Gasteiger partial charge is 0.352 e. The number of amides is 2. The maximum Gasteiger partial charge on any atom is 0.276 e. The standard InChI is InChI=1S/C25H26N6O2S/c1-16(2)31-22-21(34-25(26-22)27-23(32)18-10-8-17(3)9-11-18)20(28-31)24(33)30-14-6-7-19(30)15-29-12-4-5-13-29/h4-5,8-13,19H,1,6-7,14-15H2,2-3H3,(H,26,27,32)/t19-/m0/s1. The van der Waals surface area contributed by atoms with Crippen LogP contribution in [-0.4, -0.2) is 48.6 Å². The summed E-state index contributed by atoms with van der Waals surface area (Å²) in [5, 5.41) is 7.85. The molecule has 174 valence electrons. The van der Waals surface area contributed by atoms with Gasteiger partial charge in [-0.25, -0.2) is 4.68 Å². The lowest BCUT2D eigenvalue weighted by Gasteiger charge is -2.24. The number of nitrogens with zero attached hydrogens (tertiary/aromatic N) is 5. The second kappa shape index (κ2) is 8.90. The summed E-state index contributed by atoms with van der Waals surface area (Å²) < 4.78 is 4.33. The van der Waals surface area contributed by atoms with Gasteiger partial charge in [-0.3, -0.25) is 14.9 Å². The molecule has 1 aliphatic rings. The molecule has 4 aromatic rings. The van der Waals surface area contributed by atoms with Crippen molar-refractivity contribution >= 4 is 44.3 Å². The fourth-order valence-electron chi connectivity index (χ4n) is 4.30. The van der Waals surface area contributed by atoms with Crippen LogP contribution in [0.5, 0.6) is 0 Å². The topological polar surface area (TPSA) is 85.0 Å². The van der Waals surface area contributed by atoms with Crippen molar-refractivity contribution in [1.29, 1.82) is 0 Å². The number of fused-ring (bicyclic) bond motifs is 1. The number of hydrogen-bond donors (Lipinski definition) is 1. The molecule has 9 heteroatoms. The molecule has 1 atom stereocenters. The normalized spacial score (nSPS) is 15.7. The molecule has 2 amide bonds. The lowest BCUT2D eigenvalue weighted by atomic mass is 10.1. The molecule has 1 saturated heterocycles. The Morgan fingerprint density at radius 1 is 1.21 bits per heavy atom. The minimum absolute atomic E-state index is 0.110. The van der Waals surface area contributed by atoms with Crippen LogP contribution in [-0.2, 0) is 6.54 Å². The lowest BCUT2D eigenvalue weighted by Crippen LogP contribution is -2.38. The van der Waals surface area contributed by atoms with Crippen LogP contribution in [0, 0.1) is 6.92 Å². The Balaban J connectivity index is 1.44. The fourth-order valence-corrected chi connectivity index (χ4v) is 5.22. The molecule has 1 aromatic carbocycles. The molecule has 0 spiro atoms. The summed E-state index contributed by atoms with van der Waals surface area (Å²) in [6, 6.07) is 11.4. The zero-order valence-corrected chi connectivity index (χ0v) is 20.0. The van der Waals surface area contributed by atoms with Crippen LogP contribution < -0.4 is 5.32 Å². The number of anilines is 1. The third-order valence-corrected chi connectivity index (χ3v) is 7.02. The van der Waals surface area contributed by atoms with Gasteiger partial charge in [0, 0.05) is 36.7 Å². The van der Waals surface area contributed by atoms with E-state index < -0.39 is 0 Å². The first-order valence-electron chi connectivity index (χ1n) is 11.3. The number of aryl methyl sites for hydroxylation is 1. The van der Waals surface area contributed by atoms with Crippen molar-refractivity contribution in [1.82, 2.24) is 24.2 Å². The molecule has 1 N–H and O–H groups in total. The van der Waals surface area contributed by atoms with Crippen LogP contribution >= 0.6 is 11.3 Å². The van der Waals surface area contributed by atoms with Crippen molar-refractivity contribution in [3.63, 3.8) is 0 Å². The minimum atomic E-state index is -0.245. The Morgan fingerprint density at radius 3 is 2.65 bits per heavy atom. The predicted molar refractivity (Wildman–Crippen MR) is 134 cm³/mol. The molecule has 5 rings (SSSR count). The predicted octanol–water partition coefficient (Wildman–Crippen LogP) is 4.65. The molecule has 0 bridgehead atoms. The first-order chi connectivity index (χ1) is 16.4. The van der Waals surface area contributed by atoms with Gasteiger partial charge in [0.25, 0.3) is 11.8 Å². The monoisotopic (exact) mass is 474 g/mol. The first-order valence-corrected chi connectivity index (χ1v) is 12.1. The number of thiazole rings is 1. The van der Waals surface area contributed by atoms with Gasteiger partial charge < -0.3 is 9.47 Å². The van der Waals surface area contributed by atoms with E-state index in [9.17, 15) is 9.59 Å². The number of carbonyl (C=O) groups is 2. The van der Waals surface area contributed by atoms with E-state index >= 15 is 0 Å². The Labute approximate surface area is 201 Å². The quantitative estimate of drug-likeness (QED) is 0.441. The minimum Gasteiger partial charge on any atom is -0.352 e. The van der Waals surface area contributed by atoms with Gasteiger partial charge in [0.1, 0.15) is 4.70 Å². The molecule has 0 saturated carbocycles. The van der Waals surface area contributed by atoms with Crippen LogP contribution in [0.4, 0.5) is 5.13 Å².